The summed E-state index contributed by atoms with van der Waals surface area (Å²) in [6.07, 6.45) is 9.99. The second-order valence-electron chi connectivity index (χ2n) is 9.16. The number of benzene rings is 2. The molecule has 1 aliphatic rings. The van der Waals surface area contributed by atoms with Crippen LogP contribution in [0.5, 0.6) is 5.75 Å². The molecule has 2 aromatic carbocycles. The molecule has 7 nitrogen and oxygen atoms in total. The zero-order chi connectivity index (χ0) is 25.9. The van der Waals surface area contributed by atoms with Gasteiger partial charge in [-0.2, -0.15) is 10.4 Å². The Morgan fingerprint density at radius 2 is 2.00 bits per heavy atom. The number of ether oxygens (including phenoxy) is 2. The number of para-hydroxylation sites is 1. The van der Waals surface area contributed by atoms with E-state index in [0.29, 0.717) is 31.0 Å². The van der Waals surface area contributed by atoms with Gasteiger partial charge in [-0.05, 0) is 61.7 Å². The van der Waals surface area contributed by atoms with Crippen LogP contribution in [0, 0.1) is 11.3 Å². The fourth-order valence-corrected chi connectivity index (χ4v) is 4.27. The van der Waals surface area contributed by atoms with Crippen molar-refractivity contribution in [2.75, 3.05) is 19.8 Å². The molecule has 1 aromatic heterocycles. The van der Waals surface area contributed by atoms with E-state index in [9.17, 15) is 10.1 Å². The van der Waals surface area contributed by atoms with E-state index in [1.54, 1.807) is 10.8 Å². The summed E-state index contributed by atoms with van der Waals surface area (Å²) in [6, 6.07) is 19.6. The monoisotopic (exact) mass is 498 g/mol. The molecule has 0 radical (unpaired) electrons. The molecule has 2 heterocycles. The van der Waals surface area contributed by atoms with Crippen LogP contribution < -0.4 is 10.1 Å². The zero-order valence-electron chi connectivity index (χ0n) is 21.4. The molecule has 1 aliphatic heterocycles. The first-order chi connectivity index (χ1) is 18.2. The minimum atomic E-state index is -0.414. The van der Waals surface area contributed by atoms with Crippen molar-refractivity contribution < 1.29 is 14.3 Å². The number of carbonyl (C=O) groups excluding carboxylic acids is 1. The normalized spacial score (nSPS) is 15.4. The summed E-state index contributed by atoms with van der Waals surface area (Å²) in [6.45, 7) is 4.00. The Morgan fingerprint density at radius 1 is 1.19 bits per heavy atom. The zero-order valence-corrected chi connectivity index (χ0v) is 21.4. The van der Waals surface area contributed by atoms with Gasteiger partial charge in [-0.15, -0.1) is 0 Å². The largest absolute Gasteiger partial charge is 0.494 e. The van der Waals surface area contributed by atoms with Gasteiger partial charge in [0, 0.05) is 30.5 Å². The standard InChI is InChI=1S/C30H34N4O3/c1-2-3-4-8-17-36-27-15-13-23(14-16-27)29-25(22-34(33-29)26-10-6-5-7-11-26)19-24(20-31)30(35)32-21-28-12-9-18-37-28/h5-7,10-11,13-16,19,22,28H,2-4,8-9,12,17-18,21H2,1H3,(H,32,35)/b24-19+/t28-/m0/s1. The van der Waals surface area contributed by atoms with Crippen LogP contribution in [0.15, 0.2) is 66.4 Å². The quantitative estimate of drug-likeness (QED) is 0.197. The maximum Gasteiger partial charge on any atom is 0.262 e. The molecule has 3 aromatic rings. The number of nitrogens with zero attached hydrogens (tertiary/aromatic N) is 3. The minimum Gasteiger partial charge on any atom is -0.494 e. The van der Waals surface area contributed by atoms with Gasteiger partial charge < -0.3 is 14.8 Å². The number of unbranched alkanes of at least 4 members (excludes halogenated alkanes) is 3. The molecule has 1 fully saturated rings. The predicted molar refractivity (Wildman–Crippen MR) is 144 cm³/mol. The average molecular weight is 499 g/mol. The molecule has 192 valence electrons. The van der Waals surface area contributed by atoms with Crippen molar-refractivity contribution in [1.29, 1.82) is 5.26 Å². The first-order valence-electron chi connectivity index (χ1n) is 13.1. The van der Waals surface area contributed by atoms with E-state index in [4.69, 9.17) is 14.6 Å². The number of amides is 1. The van der Waals surface area contributed by atoms with Crippen LogP contribution >= 0.6 is 0 Å². The molecule has 0 bridgehead atoms. The Labute approximate surface area is 218 Å². The van der Waals surface area contributed by atoms with Crippen molar-refractivity contribution in [2.45, 2.75) is 51.6 Å². The van der Waals surface area contributed by atoms with Crippen LogP contribution in [0.2, 0.25) is 0 Å². The molecule has 1 N–H and O–H groups in total. The Bertz CT molecular complexity index is 1220. The second-order valence-corrected chi connectivity index (χ2v) is 9.16. The summed E-state index contributed by atoms with van der Waals surface area (Å²) in [5, 5.41) is 17.4. The number of nitrogens with one attached hydrogen (secondary N) is 1. The van der Waals surface area contributed by atoms with Crippen molar-refractivity contribution >= 4 is 12.0 Å². The number of aromatic nitrogens is 2. The molecule has 0 aliphatic carbocycles. The summed E-state index contributed by atoms with van der Waals surface area (Å²) in [7, 11) is 0. The molecule has 4 rings (SSSR count). The van der Waals surface area contributed by atoms with E-state index in [0.717, 1.165) is 36.3 Å². The maximum absolute atomic E-state index is 12.8. The van der Waals surface area contributed by atoms with Gasteiger partial charge in [-0.3, -0.25) is 4.79 Å². The first-order valence-corrected chi connectivity index (χ1v) is 13.1. The van der Waals surface area contributed by atoms with Crippen molar-refractivity contribution in [3.63, 3.8) is 0 Å². The highest BCUT2D eigenvalue weighted by atomic mass is 16.5. The van der Waals surface area contributed by atoms with Gasteiger partial charge in [-0.1, -0.05) is 44.4 Å². The summed E-state index contributed by atoms with van der Waals surface area (Å²) in [4.78, 5) is 12.8. The van der Waals surface area contributed by atoms with E-state index in [1.165, 1.54) is 19.3 Å². The summed E-state index contributed by atoms with van der Waals surface area (Å²) in [5.74, 6) is 0.397. The fourth-order valence-electron chi connectivity index (χ4n) is 4.27. The van der Waals surface area contributed by atoms with Gasteiger partial charge in [0.1, 0.15) is 17.4 Å². The van der Waals surface area contributed by atoms with E-state index >= 15 is 0 Å². The summed E-state index contributed by atoms with van der Waals surface area (Å²) >= 11 is 0. The number of hydrogen-bond acceptors (Lipinski definition) is 5. The maximum atomic E-state index is 12.8. The molecule has 7 heteroatoms. The molecule has 1 amide bonds. The lowest BCUT2D eigenvalue weighted by molar-refractivity contribution is -0.117. The third-order valence-electron chi connectivity index (χ3n) is 6.34. The average Bonchev–Trinajstić information content (AvgIpc) is 3.61. The lowest BCUT2D eigenvalue weighted by Gasteiger charge is -2.10. The van der Waals surface area contributed by atoms with Crippen LogP contribution in [0.4, 0.5) is 0 Å². The van der Waals surface area contributed by atoms with Crippen LogP contribution in [0.1, 0.15) is 51.0 Å². The third-order valence-corrected chi connectivity index (χ3v) is 6.34. The molecule has 0 saturated carbocycles. The van der Waals surface area contributed by atoms with Gasteiger partial charge in [0.2, 0.25) is 0 Å². The summed E-state index contributed by atoms with van der Waals surface area (Å²) < 4.78 is 13.2. The van der Waals surface area contributed by atoms with E-state index in [-0.39, 0.29) is 11.7 Å². The summed E-state index contributed by atoms with van der Waals surface area (Å²) in [5.41, 5.74) is 3.14. The van der Waals surface area contributed by atoms with E-state index < -0.39 is 5.91 Å². The highest BCUT2D eigenvalue weighted by Gasteiger charge is 2.19. The minimum absolute atomic E-state index is 0.00710. The molecule has 1 atom stereocenters. The smallest absolute Gasteiger partial charge is 0.262 e. The van der Waals surface area contributed by atoms with Gasteiger partial charge in [0.05, 0.1) is 24.1 Å². The Hall–Kier alpha value is -3.89. The number of hydrogen-bond donors (Lipinski definition) is 1. The molecule has 0 unspecified atom stereocenters. The lowest BCUT2D eigenvalue weighted by atomic mass is 10.1. The van der Waals surface area contributed by atoms with Crippen LogP contribution in [-0.2, 0) is 9.53 Å². The first kappa shape index (κ1) is 26.2. The fraction of sp³-hybridized carbons (Fsp3) is 0.367. The van der Waals surface area contributed by atoms with Gasteiger partial charge in [-0.25, -0.2) is 4.68 Å². The Morgan fingerprint density at radius 3 is 2.70 bits per heavy atom. The number of nitriles is 1. The Kier molecular flexibility index (Phi) is 9.50. The third kappa shape index (κ3) is 7.31. The highest BCUT2D eigenvalue weighted by molar-refractivity contribution is 6.02. The van der Waals surface area contributed by atoms with Crippen LogP contribution in [0.25, 0.3) is 23.0 Å². The SMILES string of the molecule is CCCCCCOc1ccc(-c2nn(-c3ccccc3)cc2/C=C(\C#N)C(=O)NC[C@@H]2CCCO2)cc1. The van der Waals surface area contributed by atoms with Gasteiger partial charge in [0.25, 0.3) is 5.91 Å². The highest BCUT2D eigenvalue weighted by Crippen LogP contribution is 2.28. The molecular weight excluding hydrogens is 464 g/mol. The molecule has 37 heavy (non-hydrogen) atoms. The Balaban J connectivity index is 1.56. The van der Waals surface area contributed by atoms with Crippen molar-refractivity contribution in [2.24, 2.45) is 0 Å². The van der Waals surface area contributed by atoms with Crippen LogP contribution in [-0.4, -0.2) is 41.6 Å². The van der Waals surface area contributed by atoms with Crippen LogP contribution in [0.3, 0.4) is 0 Å². The van der Waals surface area contributed by atoms with Crippen molar-refractivity contribution in [3.05, 3.63) is 71.9 Å². The van der Waals surface area contributed by atoms with Crippen molar-refractivity contribution in [1.82, 2.24) is 15.1 Å². The molecule has 0 spiro atoms. The van der Waals surface area contributed by atoms with E-state index in [2.05, 4.69) is 18.3 Å². The van der Waals surface area contributed by atoms with Gasteiger partial charge >= 0.3 is 0 Å². The number of carbonyl (C=O) groups is 1. The van der Waals surface area contributed by atoms with Gasteiger partial charge in [0.15, 0.2) is 0 Å². The number of rotatable bonds is 12. The van der Waals surface area contributed by atoms with E-state index in [1.807, 2.05) is 60.8 Å². The molecular formula is C30H34N4O3. The predicted octanol–water partition coefficient (Wildman–Crippen LogP) is 5.70. The van der Waals surface area contributed by atoms with Crippen molar-refractivity contribution in [3.8, 4) is 28.8 Å². The lowest BCUT2D eigenvalue weighted by Crippen LogP contribution is -2.32. The molecule has 1 saturated heterocycles. The topological polar surface area (TPSA) is 89.2 Å². The second kappa shape index (κ2) is 13.4.